The number of carbonyl (C=O) groups excluding carboxylic acids is 1. The molecule has 1 fully saturated rings. The number of nitrogens with one attached hydrogen (secondary N) is 1. The van der Waals surface area contributed by atoms with E-state index < -0.39 is 0 Å². The van der Waals surface area contributed by atoms with Crippen molar-refractivity contribution in [3.8, 4) is 0 Å². The van der Waals surface area contributed by atoms with Crippen molar-refractivity contribution in [2.24, 2.45) is 11.7 Å². The third kappa shape index (κ3) is 3.27. The number of nitrogens with two attached hydrogens (primary N) is 1. The lowest BCUT2D eigenvalue weighted by Gasteiger charge is -2.27. The average molecular weight is 200 g/mol. The maximum Gasteiger partial charge on any atom is 0.224 e. The van der Waals surface area contributed by atoms with Gasteiger partial charge in [-0.1, -0.05) is 12.8 Å². The van der Waals surface area contributed by atoms with E-state index in [1.165, 1.54) is 0 Å². The van der Waals surface area contributed by atoms with Gasteiger partial charge >= 0.3 is 0 Å². The Kier molecular flexibility index (Phi) is 4.90. The standard InChI is InChI=1S/C10H20N2O2/c1-14-7-6-12-10(13)8-4-2-3-5-9(8)11/h8-9H,2-7,11H2,1H3,(H,12,13). The van der Waals surface area contributed by atoms with Crippen LogP contribution in [0.3, 0.4) is 0 Å². The van der Waals surface area contributed by atoms with E-state index in [1.54, 1.807) is 7.11 Å². The number of carbonyl (C=O) groups is 1. The molecule has 0 aromatic heterocycles. The Morgan fingerprint density at radius 3 is 2.86 bits per heavy atom. The molecule has 82 valence electrons. The molecule has 14 heavy (non-hydrogen) atoms. The van der Waals surface area contributed by atoms with E-state index in [-0.39, 0.29) is 17.9 Å². The first-order valence-electron chi connectivity index (χ1n) is 5.28. The van der Waals surface area contributed by atoms with Crippen LogP contribution in [0.4, 0.5) is 0 Å². The summed E-state index contributed by atoms with van der Waals surface area (Å²) in [5, 5.41) is 2.84. The van der Waals surface area contributed by atoms with Crippen LogP contribution in [0, 0.1) is 5.92 Å². The van der Waals surface area contributed by atoms with E-state index >= 15 is 0 Å². The fourth-order valence-electron chi connectivity index (χ4n) is 1.89. The molecule has 0 bridgehead atoms. The Labute approximate surface area is 85.2 Å². The minimum Gasteiger partial charge on any atom is -0.383 e. The van der Waals surface area contributed by atoms with E-state index in [1.807, 2.05) is 0 Å². The third-order valence-corrected chi connectivity index (χ3v) is 2.76. The van der Waals surface area contributed by atoms with Crippen LogP contribution in [0.5, 0.6) is 0 Å². The number of ether oxygens (including phenoxy) is 1. The van der Waals surface area contributed by atoms with Crippen LogP contribution < -0.4 is 11.1 Å². The van der Waals surface area contributed by atoms with E-state index in [0.717, 1.165) is 25.7 Å². The fourth-order valence-corrected chi connectivity index (χ4v) is 1.89. The highest BCUT2D eigenvalue weighted by atomic mass is 16.5. The van der Waals surface area contributed by atoms with Crippen molar-refractivity contribution in [2.45, 2.75) is 31.7 Å². The molecule has 1 amide bonds. The highest BCUT2D eigenvalue weighted by Crippen LogP contribution is 2.22. The number of methoxy groups -OCH3 is 1. The number of rotatable bonds is 4. The van der Waals surface area contributed by atoms with Crippen molar-refractivity contribution in [1.29, 1.82) is 0 Å². The van der Waals surface area contributed by atoms with Gasteiger partial charge in [0.15, 0.2) is 0 Å². The zero-order valence-corrected chi connectivity index (χ0v) is 8.79. The van der Waals surface area contributed by atoms with Gasteiger partial charge in [0.25, 0.3) is 0 Å². The maximum absolute atomic E-state index is 11.6. The lowest BCUT2D eigenvalue weighted by atomic mass is 9.84. The summed E-state index contributed by atoms with van der Waals surface area (Å²) in [5.41, 5.74) is 5.89. The quantitative estimate of drug-likeness (QED) is 0.640. The average Bonchev–Trinajstić information content (AvgIpc) is 2.18. The molecule has 0 spiro atoms. The molecule has 1 aliphatic carbocycles. The molecule has 1 saturated carbocycles. The van der Waals surface area contributed by atoms with Crippen molar-refractivity contribution in [3.63, 3.8) is 0 Å². The molecule has 0 heterocycles. The molecule has 3 N–H and O–H groups in total. The van der Waals surface area contributed by atoms with Crippen molar-refractivity contribution in [2.75, 3.05) is 20.3 Å². The molecule has 2 atom stereocenters. The van der Waals surface area contributed by atoms with Crippen LogP contribution in [0.15, 0.2) is 0 Å². The molecule has 0 saturated heterocycles. The van der Waals surface area contributed by atoms with Gasteiger partial charge in [-0.25, -0.2) is 0 Å². The molecule has 0 aliphatic heterocycles. The zero-order valence-electron chi connectivity index (χ0n) is 8.79. The van der Waals surface area contributed by atoms with E-state index in [2.05, 4.69) is 5.32 Å². The number of hydrogen-bond acceptors (Lipinski definition) is 3. The summed E-state index contributed by atoms with van der Waals surface area (Å²) in [7, 11) is 1.62. The second-order valence-corrected chi connectivity index (χ2v) is 3.84. The predicted octanol–water partition coefficient (Wildman–Crippen LogP) is 0.267. The lowest BCUT2D eigenvalue weighted by Crippen LogP contribution is -2.44. The first-order valence-corrected chi connectivity index (χ1v) is 5.28. The normalized spacial score (nSPS) is 27.3. The minimum atomic E-state index is 0.0145. The molecule has 0 radical (unpaired) electrons. The monoisotopic (exact) mass is 200 g/mol. The van der Waals surface area contributed by atoms with Gasteiger partial charge in [-0.2, -0.15) is 0 Å². The van der Waals surface area contributed by atoms with Gasteiger partial charge in [-0.3, -0.25) is 4.79 Å². The van der Waals surface area contributed by atoms with Crippen LogP contribution in [-0.4, -0.2) is 32.2 Å². The summed E-state index contributed by atoms with van der Waals surface area (Å²) in [6, 6.07) is 0.0475. The molecular formula is C10H20N2O2. The van der Waals surface area contributed by atoms with Crippen LogP contribution in [0.2, 0.25) is 0 Å². The van der Waals surface area contributed by atoms with Crippen LogP contribution in [0.1, 0.15) is 25.7 Å². The third-order valence-electron chi connectivity index (χ3n) is 2.76. The SMILES string of the molecule is COCCNC(=O)C1CCCCC1N. The molecule has 1 rings (SSSR count). The van der Waals surface area contributed by atoms with Crippen molar-refractivity contribution < 1.29 is 9.53 Å². The summed E-state index contributed by atoms with van der Waals surface area (Å²) >= 11 is 0. The van der Waals surface area contributed by atoms with Gasteiger partial charge in [0.1, 0.15) is 0 Å². The van der Waals surface area contributed by atoms with Crippen LogP contribution >= 0.6 is 0 Å². The molecule has 0 aromatic rings. The Morgan fingerprint density at radius 2 is 2.21 bits per heavy atom. The van der Waals surface area contributed by atoms with Crippen molar-refractivity contribution >= 4 is 5.91 Å². The van der Waals surface area contributed by atoms with Crippen molar-refractivity contribution in [1.82, 2.24) is 5.32 Å². The van der Waals surface area contributed by atoms with Gasteiger partial charge in [-0.15, -0.1) is 0 Å². The summed E-state index contributed by atoms with van der Waals surface area (Å²) in [5.74, 6) is 0.106. The van der Waals surface area contributed by atoms with E-state index in [9.17, 15) is 4.79 Å². The molecule has 0 aromatic carbocycles. The van der Waals surface area contributed by atoms with Crippen LogP contribution in [-0.2, 0) is 9.53 Å². The Morgan fingerprint density at radius 1 is 1.50 bits per heavy atom. The molecule has 4 heteroatoms. The first kappa shape index (κ1) is 11.5. The molecule has 4 nitrogen and oxygen atoms in total. The second-order valence-electron chi connectivity index (χ2n) is 3.84. The number of amides is 1. The maximum atomic E-state index is 11.6. The van der Waals surface area contributed by atoms with Gasteiger partial charge in [0.2, 0.25) is 5.91 Å². The molecular weight excluding hydrogens is 180 g/mol. The highest BCUT2D eigenvalue weighted by Gasteiger charge is 2.27. The lowest BCUT2D eigenvalue weighted by molar-refractivity contribution is -0.126. The topological polar surface area (TPSA) is 64.3 Å². The summed E-state index contributed by atoms with van der Waals surface area (Å²) < 4.78 is 4.86. The zero-order chi connectivity index (χ0) is 10.4. The predicted molar refractivity (Wildman–Crippen MR) is 54.8 cm³/mol. The second kappa shape index (κ2) is 5.98. The minimum absolute atomic E-state index is 0.0145. The highest BCUT2D eigenvalue weighted by molar-refractivity contribution is 5.79. The van der Waals surface area contributed by atoms with Gasteiger partial charge < -0.3 is 15.8 Å². The van der Waals surface area contributed by atoms with Crippen molar-refractivity contribution in [3.05, 3.63) is 0 Å². The Balaban J connectivity index is 2.27. The van der Waals surface area contributed by atoms with E-state index in [4.69, 9.17) is 10.5 Å². The first-order chi connectivity index (χ1) is 6.75. The van der Waals surface area contributed by atoms with Gasteiger partial charge in [-0.05, 0) is 12.8 Å². The summed E-state index contributed by atoms with van der Waals surface area (Å²) in [6.07, 6.45) is 4.18. The Hall–Kier alpha value is -0.610. The van der Waals surface area contributed by atoms with Crippen LogP contribution in [0.25, 0.3) is 0 Å². The molecule has 2 unspecified atom stereocenters. The van der Waals surface area contributed by atoms with E-state index in [0.29, 0.717) is 13.2 Å². The summed E-state index contributed by atoms with van der Waals surface area (Å²) in [6.45, 7) is 1.15. The van der Waals surface area contributed by atoms with Gasteiger partial charge in [0.05, 0.1) is 12.5 Å². The fraction of sp³-hybridized carbons (Fsp3) is 0.900. The Bertz CT molecular complexity index is 185. The number of hydrogen-bond donors (Lipinski definition) is 2. The largest absolute Gasteiger partial charge is 0.383 e. The smallest absolute Gasteiger partial charge is 0.224 e. The summed E-state index contributed by atoms with van der Waals surface area (Å²) in [4.78, 5) is 11.6. The molecule has 1 aliphatic rings. The van der Waals surface area contributed by atoms with Gasteiger partial charge in [0, 0.05) is 19.7 Å².